The fourth-order valence-corrected chi connectivity index (χ4v) is 4.89. The molecule has 0 aromatic heterocycles. The first-order valence-corrected chi connectivity index (χ1v) is 11.6. The predicted octanol–water partition coefficient (Wildman–Crippen LogP) is 4.44. The third-order valence-corrected chi connectivity index (χ3v) is 6.94. The van der Waals surface area contributed by atoms with Gasteiger partial charge in [0.15, 0.2) is 0 Å². The van der Waals surface area contributed by atoms with Crippen molar-refractivity contribution in [1.29, 1.82) is 0 Å². The van der Waals surface area contributed by atoms with Crippen LogP contribution in [0.1, 0.15) is 47.6 Å². The molecule has 0 aliphatic carbocycles. The van der Waals surface area contributed by atoms with Crippen molar-refractivity contribution in [2.24, 2.45) is 11.7 Å². The molecule has 1 saturated heterocycles. The van der Waals surface area contributed by atoms with Crippen molar-refractivity contribution in [2.75, 3.05) is 20.1 Å². The lowest BCUT2D eigenvalue weighted by Gasteiger charge is -2.40. The summed E-state index contributed by atoms with van der Waals surface area (Å²) in [5.74, 6) is -4.11. The molecule has 1 aliphatic rings. The van der Waals surface area contributed by atoms with Gasteiger partial charge < -0.3 is 15.5 Å². The van der Waals surface area contributed by atoms with Gasteiger partial charge >= 0.3 is 18.0 Å². The van der Waals surface area contributed by atoms with Gasteiger partial charge in [-0.15, -0.1) is 0 Å². The number of hydrogen-bond acceptors (Lipinski definition) is 3. The number of rotatable bonds is 4. The molecule has 1 fully saturated rings. The number of piperidine rings is 1. The first kappa shape index (κ1) is 27.4. The Balaban J connectivity index is 1.94. The summed E-state index contributed by atoms with van der Waals surface area (Å²) in [5.41, 5.74) is 5.63. The molecular weight excluding hydrogens is 502 g/mol. The molecule has 0 spiro atoms. The lowest BCUT2D eigenvalue weighted by molar-refractivity contribution is -0.147. The van der Waals surface area contributed by atoms with Gasteiger partial charge in [0.1, 0.15) is 5.82 Å². The summed E-state index contributed by atoms with van der Waals surface area (Å²) >= 11 is 5.93. The van der Waals surface area contributed by atoms with Crippen LogP contribution < -0.4 is 5.73 Å². The molecule has 6 nitrogen and oxygen atoms in total. The predicted molar refractivity (Wildman–Crippen MR) is 125 cm³/mol. The third-order valence-electron chi connectivity index (χ3n) is 6.72. The largest absolute Gasteiger partial charge is 0.416 e. The molecule has 0 radical (unpaired) electrons. The minimum Gasteiger partial charge on any atom is -0.361 e. The minimum atomic E-state index is -4.60. The molecule has 1 aliphatic heterocycles. The van der Waals surface area contributed by atoms with Gasteiger partial charge in [-0.2, -0.15) is 13.2 Å². The second-order valence-corrected chi connectivity index (χ2v) is 9.45. The highest BCUT2D eigenvalue weighted by atomic mass is 35.5. The zero-order valence-electron chi connectivity index (χ0n) is 19.9. The molecule has 36 heavy (non-hydrogen) atoms. The molecular formula is C25H26ClF4N3O3. The van der Waals surface area contributed by atoms with Crippen molar-refractivity contribution in [3.8, 4) is 0 Å². The van der Waals surface area contributed by atoms with E-state index in [1.165, 1.54) is 41.1 Å². The van der Waals surface area contributed by atoms with Gasteiger partial charge in [-0.3, -0.25) is 14.4 Å². The maximum atomic E-state index is 13.8. The Hall–Kier alpha value is -3.14. The van der Waals surface area contributed by atoms with E-state index < -0.39 is 47.2 Å². The number of nitrogens with zero attached hydrogens (tertiary/aromatic N) is 2. The van der Waals surface area contributed by atoms with E-state index in [1.54, 1.807) is 13.8 Å². The van der Waals surface area contributed by atoms with Gasteiger partial charge in [0.25, 0.3) is 0 Å². The fraction of sp³-hybridized carbons (Fsp3) is 0.400. The number of primary amides is 1. The number of benzene rings is 2. The number of halogens is 5. The van der Waals surface area contributed by atoms with Gasteiger partial charge in [-0.1, -0.05) is 17.7 Å². The topological polar surface area (TPSA) is 83.7 Å². The number of nitrogens with two attached hydrogens (primary N) is 1. The number of amides is 3. The van der Waals surface area contributed by atoms with E-state index in [0.717, 1.165) is 12.1 Å². The molecule has 2 N–H and O–H groups in total. The third kappa shape index (κ3) is 5.80. The summed E-state index contributed by atoms with van der Waals surface area (Å²) in [5, 5.41) is -0.106. The SMILES string of the molecule is Cc1cc(F)ccc1[C@@H]1CN(C(=O)C(N)=O)CC[C@H]1C(=O)N(C)C(C)c1cc(Cl)cc(C(F)(F)F)c1. The second kappa shape index (κ2) is 10.5. The van der Waals surface area contributed by atoms with Gasteiger partial charge in [0, 0.05) is 37.0 Å². The maximum Gasteiger partial charge on any atom is 0.416 e. The average Bonchev–Trinajstić information content (AvgIpc) is 2.80. The highest BCUT2D eigenvalue weighted by molar-refractivity contribution is 6.34. The van der Waals surface area contributed by atoms with Crippen LogP contribution in [0.3, 0.4) is 0 Å². The number of likely N-dealkylation sites (tertiary alicyclic amines) is 1. The molecule has 2 aromatic rings. The number of carbonyl (C=O) groups is 3. The van der Waals surface area contributed by atoms with Crippen LogP contribution in [0.25, 0.3) is 0 Å². The van der Waals surface area contributed by atoms with E-state index in [0.29, 0.717) is 11.1 Å². The number of hydrogen-bond donors (Lipinski definition) is 1. The highest BCUT2D eigenvalue weighted by Crippen LogP contribution is 2.38. The molecule has 1 unspecified atom stereocenters. The quantitative estimate of drug-likeness (QED) is 0.471. The van der Waals surface area contributed by atoms with Crippen molar-refractivity contribution in [3.63, 3.8) is 0 Å². The Bertz CT molecular complexity index is 1190. The first-order chi connectivity index (χ1) is 16.7. The molecule has 11 heteroatoms. The number of aryl methyl sites for hydroxylation is 1. The normalized spacial score (nSPS) is 19.1. The van der Waals surface area contributed by atoms with Crippen LogP contribution in [-0.4, -0.2) is 47.7 Å². The lowest BCUT2D eigenvalue weighted by Crippen LogP contribution is -2.50. The van der Waals surface area contributed by atoms with Crippen molar-refractivity contribution in [2.45, 2.75) is 38.4 Å². The smallest absolute Gasteiger partial charge is 0.361 e. The van der Waals surface area contributed by atoms with Crippen molar-refractivity contribution in [3.05, 3.63) is 69.5 Å². The number of carbonyl (C=O) groups excluding carboxylic acids is 3. The van der Waals surface area contributed by atoms with Crippen LogP contribution in [0.2, 0.25) is 5.02 Å². The van der Waals surface area contributed by atoms with E-state index in [9.17, 15) is 31.9 Å². The zero-order valence-corrected chi connectivity index (χ0v) is 20.7. The summed E-state index contributed by atoms with van der Waals surface area (Å²) in [4.78, 5) is 40.0. The standard InChI is InChI=1S/C25H26ClF4N3O3/c1-13-8-18(27)4-5-19(13)21-12-33(24(36)22(31)34)7-6-20(21)23(35)32(3)14(2)15-9-16(25(28,29)30)11-17(26)10-15/h4-5,8-11,14,20-21H,6-7,12H2,1-3H3,(H2,31,34)/t14?,20-,21+/m1/s1. The van der Waals surface area contributed by atoms with Crippen molar-refractivity contribution in [1.82, 2.24) is 9.80 Å². The molecule has 194 valence electrons. The molecule has 3 atom stereocenters. The van der Waals surface area contributed by atoms with Gasteiger partial charge in [-0.05, 0) is 67.3 Å². The Kier molecular flexibility index (Phi) is 7.97. The summed E-state index contributed by atoms with van der Waals surface area (Å²) in [6.07, 6.45) is -4.42. The Morgan fingerprint density at radius 3 is 2.42 bits per heavy atom. The molecule has 2 aromatic carbocycles. The van der Waals surface area contributed by atoms with Gasteiger partial charge in [0.05, 0.1) is 11.6 Å². The lowest BCUT2D eigenvalue weighted by atomic mass is 9.78. The maximum absolute atomic E-state index is 13.8. The van der Waals surface area contributed by atoms with E-state index in [4.69, 9.17) is 17.3 Å². The number of alkyl halides is 3. The molecule has 3 amide bonds. The summed E-state index contributed by atoms with van der Waals surface area (Å²) in [6, 6.07) is 6.48. The Morgan fingerprint density at radius 2 is 1.83 bits per heavy atom. The summed E-state index contributed by atoms with van der Waals surface area (Å²) in [6.45, 7) is 3.36. The zero-order chi connectivity index (χ0) is 26.9. The average molecular weight is 528 g/mol. The van der Waals surface area contributed by atoms with Gasteiger partial charge in [-0.25, -0.2) is 4.39 Å². The van der Waals surface area contributed by atoms with Crippen LogP contribution in [0.4, 0.5) is 17.6 Å². The first-order valence-electron chi connectivity index (χ1n) is 11.2. The van der Waals surface area contributed by atoms with Crippen LogP contribution in [-0.2, 0) is 20.6 Å². The van der Waals surface area contributed by atoms with Crippen LogP contribution in [0.5, 0.6) is 0 Å². The van der Waals surface area contributed by atoms with Crippen LogP contribution in [0, 0.1) is 18.7 Å². The summed E-state index contributed by atoms with van der Waals surface area (Å²) in [7, 11) is 1.48. The van der Waals surface area contributed by atoms with Gasteiger partial charge in [0.2, 0.25) is 5.91 Å². The Morgan fingerprint density at radius 1 is 1.17 bits per heavy atom. The van der Waals surface area contributed by atoms with Crippen molar-refractivity contribution < 1.29 is 31.9 Å². The van der Waals surface area contributed by atoms with E-state index in [2.05, 4.69) is 0 Å². The minimum absolute atomic E-state index is 0.00224. The second-order valence-electron chi connectivity index (χ2n) is 9.01. The summed E-state index contributed by atoms with van der Waals surface area (Å²) < 4.78 is 53.6. The molecule has 0 saturated carbocycles. The van der Waals surface area contributed by atoms with E-state index >= 15 is 0 Å². The van der Waals surface area contributed by atoms with E-state index in [1.807, 2.05) is 0 Å². The van der Waals surface area contributed by atoms with E-state index in [-0.39, 0.29) is 36.0 Å². The van der Waals surface area contributed by atoms with Crippen molar-refractivity contribution >= 4 is 29.3 Å². The molecule has 0 bridgehead atoms. The van der Waals surface area contributed by atoms with Crippen LogP contribution >= 0.6 is 11.6 Å². The highest BCUT2D eigenvalue weighted by Gasteiger charge is 2.40. The fourth-order valence-electron chi connectivity index (χ4n) is 4.65. The Labute approximate surface area is 211 Å². The molecule has 3 rings (SSSR count). The van der Waals surface area contributed by atoms with Crippen LogP contribution in [0.15, 0.2) is 36.4 Å². The molecule has 1 heterocycles. The monoisotopic (exact) mass is 527 g/mol.